The van der Waals surface area contributed by atoms with Crippen molar-refractivity contribution in [3.63, 3.8) is 0 Å². The van der Waals surface area contributed by atoms with Crippen molar-refractivity contribution < 1.29 is 14.6 Å². The summed E-state index contributed by atoms with van der Waals surface area (Å²) in [5, 5.41) is 18.2. The van der Waals surface area contributed by atoms with Crippen molar-refractivity contribution in [2.24, 2.45) is 5.41 Å². The first-order valence-electron chi connectivity index (χ1n) is 10.2. The van der Waals surface area contributed by atoms with Crippen LogP contribution in [-0.4, -0.2) is 29.1 Å². The SMILES string of the molecule is COc1ccc(-n2ncc3c2CC(C)(C)C[C@H]3NCc2ccc(O)c(OC)c2)cc1. The lowest BCUT2D eigenvalue weighted by atomic mass is 9.74. The third-order valence-electron chi connectivity index (χ3n) is 5.79. The molecule has 0 bridgehead atoms. The largest absolute Gasteiger partial charge is 0.504 e. The van der Waals surface area contributed by atoms with Gasteiger partial charge in [-0.3, -0.25) is 0 Å². The minimum Gasteiger partial charge on any atom is -0.504 e. The number of nitrogens with one attached hydrogen (secondary N) is 1. The van der Waals surface area contributed by atoms with Gasteiger partial charge < -0.3 is 19.9 Å². The molecule has 0 amide bonds. The van der Waals surface area contributed by atoms with Crippen LogP contribution in [0.25, 0.3) is 5.69 Å². The van der Waals surface area contributed by atoms with Gasteiger partial charge in [-0.1, -0.05) is 19.9 Å². The average molecular weight is 408 g/mol. The van der Waals surface area contributed by atoms with E-state index in [1.165, 1.54) is 11.3 Å². The van der Waals surface area contributed by atoms with Crippen molar-refractivity contribution in [1.29, 1.82) is 0 Å². The van der Waals surface area contributed by atoms with E-state index >= 15 is 0 Å². The van der Waals surface area contributed by atoms with E-state index in [0.717, 1.165) is 29.8 Å². The first kappa shape index (κ1) is 20.3. The summed E-state index contributed by atoms with van der Waals surface area (Å²) in [6.45, 7) is 5.30. The number of rotatable bonds is 6. The van der Waals surface area contributed by atoms with E-state index in [-0.39, 0.29) is 17.2 Å². The monoisotopic (exact) mass is 407 g/mol. The highest BCUT2D eigenvalue weighted by Crippen LogP contribution is 2.41. The molecule has 0 aliphatic heterocycles. The van der Waals surface area contributed by atoms with Crippen LogP contribution in [0.1, 0.15) is 43.1 Å². The van der Waals surface area contributed by atoms with Crippen molar-refractivity contribution in [2.75, 3.05) is 14.2 Å². The lowest BCUT2D eigenvalue weighted by molar-refractivity contribution is 0.252. The summed E-state index contributed by atoms with van der Waals surface area (Å²) >= 11 is 0. The minimum atomic E-state index is 0.154. The van der Waals surface area contributed by atoms with Gasteiger partial charge in [-0.25, -0.2) is 4.68 Å². The molecule has 0 spiro atoms. The number of hydrogen-bond acceptors (Lipinski definition) is 5. The molecule has 3 aromatic rings. The number of phenols is 1. The molecule has 1 aromatic heterocycles. The molecule has 1 heterocycles. The van der Waals surface area contributed by atoms with Crippen molar-refractivity contribution in [3.8, 4) is 22.9 Å². The molecule has 6 heteroatoms. The molecule has 0 fully saturated rings. The van der Waals surface area contributed by atoms with Crippen molar-refractivity contribution >= 4 is 0 Å². The maximum absolute atomic E-state index is 9.83. The number of hydrogen-bond donors (Lipinski definition) is 2. The van der Waals surface area contributed by atoms with Gasteiger partial charge in [0.05, 0.1) is 26.1 Å². The molecule has 158 valence electrons. The number of methoxy groups -OCH3 is 2. The standard InChI is InChI=1S/C24H29N3O3/c1-24(2)12-20(25-14-16-5-10-22(28)23(11-16)30-4)19-15-26-27(21(19)13-24)17-6-8-18(29-3)9-7-17/h5-11,15,20,25,28H,12-14H2,1-4H3/t20-/m1/s1. The van der Waals surface area contributed by atoms with Gasteiger partial charge in [0.15, 0.2) is 11.5 Å². The van der Waals surface area contributed by atoms with E-state index in [1.54, 1.807) is 20.3 Å². The minimum absolute atomic E-state index is 0.154. The van der Waals surface area contributed by atoms with Gasteiger partial charge in [-0.15, -0.1) is 0 Å². The number of phenolic OH excluding ortho intramolecular Hbond substituents is 1. The third-order valence-corrected chi connectivity index (χ3v) is 5.79. The van der Waals surface area contributed by atoms with Crippen molar-refractivity contribution in [2.45, 2.75) is 39.3 Å². The van der Waals surface area contributed by atoms with Gasteiger partial charge in [0, 0.05) is 23.8 Å². The van der Waals surface area contributed by atoms with E-state index in [0.29, 0.717) is 12.3 Å². The van der Waals surface area contributed by atoms with Gasteiger partial charge in [0.1, 0.15) is 5.75 Å². The Labute approximate surface area is 177 Å². The summed E-state index contributed by atoms with van der Waals surface area (Å²) in [5.74, 6) is 1.48. The van der Waals surface area contributed by atoms with Crippen LogP contribution in [0.15, 0.2) is 48.7 Å². The second-order valence-electron chi connectivity index (χ2n) is 8.64. The number of nitrogens with zero attached hydrogens (tertiary/aromatic N) is 2. The van der Waals surface area contributed by atoms with Gasteiger partial charge in [-0.05, 0) is 60.2 Å². The van der Waals surface area contributed by atoms with Gasteiger partial charge in [0.2, 0.25) is 0 Å². The maximum atomic E-state index is 9.83. The summed E-state index contributed by atoms with van der Waals surface area (Å²) in [7, 11) is 3.24. The Balaban J connectivity index is 1.60. The zero-order valence-corrected chi connectivity index (χ0v) is 18.0. The topological polar surface area (TPSA) is 68.5 Å². The Morgan fingerprint density at radius 2 is 1.90 bits per heavy atom. The molecular weight excluding hydrogens is 378 g/mol. The number of aromatic nitrogens is 2. The molecule has 0 radical (unpaired) electrons. The predicted molar refractivity (Wildman–Crippen MR) is 116 cm³/mol. The quantitative estimate of drug-likeness (QED) is 0.634. The number of fused-ring (bicyclic) bond motifs is 1. The first-order valence-corrected chi connectivity index (χ1v) is 10.2. The molecule has 1 aliphatic carbocycles. The maximum Gasteiger partial charge on any atom is 0.160 e. The molecular formula is C24H29N3O3. The average Bonchev–Trinajstić information content (AvgIpc) is 3.15. The van der Waals surface area contributed by atoms with Crippen molar-refractivity contribution in [1.82, 2.24) is 15.1 Å². The summed E-state index contributed by atoms with van der Waals surface area (Å²) in [6.07, 6.45) is 3.99. The van der Waals surface area contributed by atoms with Crippen LogP contribution in [0.4, 0.5) is 0 Å². The second kappa shape index (κ2) is 8.03. The van der Waals surface area contributed by atoms with Gasteiger partial charge in [0.25, 0.3) is 0 Å². The van der Waals surface area contributed by atoms with Crippen LogP contribution in [0.5, 0.6) is 17.2 Å². The van der Waals surface area contributed by atoms with Gasteiger partial charge in [-0.2, -0.15) is 5.10 Å². The zero-order valence-electron chi connectivity index (χ0n) is 18.0. The smallest absolute Gasteiger partial charge is 0.160 e. The highest BCUT2D eigenvalue weighted by atomic mass is 16.5. The lowest BCUT2D eigenvalue weighted by Crippen LogP contribution is -2.33. The molecule has 30 heavy (non-hydrogen) atoms. The number of aromatic hydroxyl groups is 1. The Bertz CT molecular complexity index is 1020. The van der Waals surface area contributed by atoms with E-state index in [1.807, 2.05) is 47.3 Å². The zero-order chi connectivity index (χ0) is 21.3. The third kappa shape index (κ3) is 4.00. The summed E-state index contributed by atoms with van der Waals surface area (Å²) in [5.41, 5.74) is 4.75. The lowest BCUT2D eigenvalue weighted by Gasteiger charge is -2.36. The molecule has 2 aromatic carbocycles. The fraction of sp³-hybridized carbons (Fsp3) is 0.375. The fourth-order valence-electron chi connectivity index (χ4n) is 4.24. The van der Waals surface area contributed by atoms with E-state index in [9.17, 15) is 5.11 Å². The summed E-state index contributed by atoms with van der Waals surface area (Å²) < 4.78 is 12.6. The first-order chi connectivity index (χ1) is 14.4. The van der Waals surface area contributed by atoms with Crippen LogP contribution in [0, 0.1) is 5.41 Å². The van der Waals surface area contributed by atoms with E-state index in [4.69, 9.17) is 14.6 Å². The molecule has 1 atom stereocenters. The predicted octanol–water partition coefficient (Wildman–Crippen LogP) is 4.40. The Morgan fingerprint density at radius 1 is 1.13 bits per heavy atom. The van der Waals surface area contributed by atoms with Crippen LogP contribution in [0.3, 0.4) is 0 Å². The molecule has 6 nitrogen and oxygen atoms in total. The van der Waals surface area contributed by atoms with Gasteiger partial charge >= 0.3 is 0 Å². The molecule has 2 N–H and O–H groups in total. The van der Waals surface area contributed by atoms with Crippen LogP contribution in [-0.2, 0) is 13.0 Å². The molecule has 0 saturated carbocycles. The normalized spacial score (nSPS) is 17.4. The van der Waals surface area contributed by atoms with E-state index < -0.39 is 0 Å². The van der Waals surface area contributed by atoms with Crippen molar-refractivity contribution in [3.05, 3.63) is 65.5 Å². The number of benzene rings is 2. The van der Waals surface area contributed by atoms with E-state index in [2.05, 4.69) is 19.2 Å². The number of ether oxygens (including phenoxy) is 2. The van der Waals surface area contributed by atoms with Crippen LogP contribution >= 0.6 is 0 Å². The molecule has 4 rings (SSSR count). The Kier molecular flexibility index (Phi) is 5.43. The van der Waals surface area contributed by atoms with Crippen LogP contribution in [0.2, 0.25) is 0 Å². The van der Waals surface area contributed by atoms with Crippen LogP contribution < -0.4 is 14.8 Å². The molecule has 0 saturated heterocycles. The molecule has 0 unspecified atom stereocenters. The summed E-state index contributed by atoms with van der Waals surface area (Å²) in [4.78, 5) is 0. The second-order valence-corrected chi connectivity index (χ2v) is 8.64. The highest BCUT2D eigenvalue weighted by molar-refractivity contribution is 5.43. The highest BCUT2D eigenvalue weighted by Gasteiger charge is 2.35. The fourth-order valence-corrected chi connectivity index (χ4v) is 4.24. The summed E-state index contributed by atoms with van der Waals surface area (Å²) in [6, 6.07) is 13.7. The Morgan fingerprint density at radius 3 is 2.60 bits per heavy atom. The Hall–Kier alpha value is -2.99. The molecule has 1 aliphatic rings.